The molecule has 1 fully saturated rings. The lowest BCUT2D eigenvalue weighted by atomic mass is 9.66. The van der Waals surface area contributed by atoms with E-state index in [-0.39, 0.29) is 18.2 Å². The van der Waals surface area contributed by atoms with Crippen molar-refractivity contribution in [1.29, 1.82) is 0 Å². The van der Waals surface area contributed by atoms with Crippen molar-refractivity contribution in [3.05, 3.63) is 35.4 Å². The van der Waals surface area contributed by atoms with Crippen LogP contribution in [-0.4, -0.2) is 44.5 Å². The fraction of sp³-hybridized carbons (Fsp3) is 0.556. The third-order valence-electron chi connectivity index (χ3n) is 4.97. The lowest BCUT2D eigenvalue weighted by Gasteiger charge is -2.32. The molecular weight excluding hydrogens is 323 g/mol. The van der Waals surface area contributed by atoms with Crippen LogP contribution in [0, 0.1) is 0 Å². The molecule has 1 aromatic rings. The fourth-order valence-electron chi connectivity index (χ4n) is 2.67. The first-order valence-corrected chi connectivity index (χ1v) is 8.22. The Balaban J connectivity index is 2.31. The maximum absolute atomic E-state index is 11.9. The normalized spacial score (nSPS) is 19.4. The van der Waals surface area contributed by atoms with Gasteiger partial charge in [-0.2, -0.15) is 0 Å². The van der Waals surface area contributed by atoms with Gasteiger partial charge in [-0.25, -0.2) is 4.79 Å². The standard InChI is InChI=1S/C18H25BO6/c1-17(2)18(3,4)25-19(24-17)14(11-15(20)22-5)12-7-9-13(10-8-12)16(21)23-6/h7-10,14H,11H2,1-6H3. The number of carbonyl (C=O) groups is 2. The van der Waals surface area contributed by atoms with Gasteiger partial charge in [0.05, 0.1) is 37.4 Å². The number of rotatable bonds is 5. The Kier molecular flexibility index (Phi) is 5.59. The van der Waals surface area contributed by atoms with Gasteiger partial charge in [-0.1, -0.05) is 12.1 Å². The smallest absolute Gasteiger partial charge is 0.466 e. The molecule has 2 rings (SSSR count). The van der Waals surface area contributed by atoms with E-state index >= 15 is 0 Å². The molecule has 1 aliphatic rings. The van der Waals surface area contributed by atoms with Crippen LogP contribution in [0.5, 0.6) is 0 Å². The largest absolute Gasteiger partial charge is 0.469 e. The van der Waals surface area contributed by atoms with Crippen molar-refractivity contribution in [2.24, 2.45) is 0 Å². The minimum absolute atomic E-state index is 0.116. The minimum atomic E-state index is -0.590. The first-order chi connectivity index (χ1) is 11.6. The minimum Gasteiger partial charge on any atom is -0.469 e. The van der Waals surface area contributed by atoms with Crippen LogP contribution in [0.3, 0.4) is 0 Å². The number of hydrogen-bond acceptors (Lipinski definition) is 6. The van der Waals surface area contributed by atoms with Crippen LogP contribution in [0.4, 0.5) is 0 Å². The molecule has 6 nitrogen and oxygen atoms in total. The summed E-state index contributed by atoms with van der Waals surface area (Å²) in [4.78, 5) is 23.5. The maximum atomic E-state index is 11.9. The summed E-state index contributed by atoms with van der Waals surface area (Å²) in [6, 6.07) is 6.89. The molecule has 1 aromatic carbocycles. The third-order valence-corrected chi connectivity index (χ3v) is 4.97. The van der Waals surface area contributed by atoms with E-state index < -0.39 is 24.3 Å². The van der Waals surface area contributed by atoms with Crippen LogP contribution in [-0.2, 0) is 23.6 Å². The first kappa shape index (κ1) is 19.5. The molecule has 136 valence electrons. The molecule has 7 heteroatoms. The molecule has 1 saturated heterocycles. The Morgan fingerprint density at radius 1 is 1.00 bits per heavy atom. The highest BCUT2D eigenvalue weighted by molar-refractivity contribution is 6.48. The SMILES string of the molecule is COC(=O)CC(B1OC(C)(C)C(C)(C)O1)c1ccc(C(=O)OC)cc1. The highest BCUT2D eigenvalue weighted by Gasteiger charge is 2.54. The quantitative estimate of drug-likeness (QED) is 0.602. The fourth-order valence-corrected chi connectivity index (χ4v) is 2.67. The molecule has 0 spiro atoms. The summed E-state index contributed by atoms with van der Waals surface area (Å²) in [6.07, 6.45) is 0.116. The molecule has 1 heterocycles. The van der Waals surface area contributed by atoms with Crippen molar-refractivity contribution in [1.82, 2.24) is 0 Å². The Labute approximate surface area is 148 Å². The Hall–Kier alpha value is -1.86. The van der Waals surface area contributed by atoms with Crippen molar-refractivity contribution in [3.63, 3.8) is 0 Å². The van der Waals surface area contributed by atoms with E-state index in [0.717, 1.165) is 5.56 Å². The molecule has 1 aliphatic heterocycles. The monoisotopic (exact) mass is 348 g/mol. The highest BCUT2D eigenvalue weighted by atomic mass is 16.7. The number of esters is 2. The van der Waals surface area contributed by atoms with Crippen LogP contribution in [0.25, 0.3) is 0 Å². The average molecular weight is 348 g/mol. The molecule has 1 atom stereocenters. The van der Waals surface area contributed by atoms with Crippen LogP contribution >= 0.6 is 0 Å². The van der Waals surface area contributed by atoms with Gasteiger partial charge in [-0.15, -0.1) is 0 Å². The van der Waals surface area contributed by atoms with E-state index in [1.807, 2.05) is 27.7 Å². The first-order valence-electron chi connectivity index (χ1n) is 8.22. The van der Waals surface area contributed by atoms with Gasteiger partial charge in [0.1, 0.15) is 0 Å². The summed E-state index contributed by atoms with van der Waals surface area (Å²) in [6.45, 7) is 7.84. The van der Waals surface area contributed by atoms with Gasteiger partial charge < -0.3 is 18.8 Å². The van der Waals surface area contributed by atoms with Crippen LogP contribution < -0.4 is 0 Å². The van der Waals surface area contributed by atoms with Crippen molar-refractivity contribution in [3.8, 4) is 0 Å². The molecule has 0 aromatic heterocycles. The Morgan fingerprint density at radius 2 is 1.52 bits per heavy atom. The number of methoxy groups -OCH3 is 2. The van der Waals surface area contributed by atoms with Crippen LogP contribution in [0.2, 0.25) is 0 Å². The lowest BCUT2D eigenvalue weighted by molar-refractivity contribution is -0.140. The molecule has 1 unspecified atom stereocenters. The summed E-state index contributed by atoms with van der Waals surface area (Å²) in [5, 5.41) is 0. The van der Waals surface area contributed by atoms with Crippen LogP contribution in [0.1, 0.15) is 55.9 Å². The van der Waals surface area contributed by atoms with E-state index in [1.165, 1.54) is 14.2 Å². The van der Waals surface area contributed by atoms with E-state index in [4.69, 9.17) is 18.8 Å². The number of hydrogen-bond donors (Lipinski definition) is 0. The van der Waals surface area contributed by atoms with Crippen molar-refractivity contribution >= 4 is 19.1 Å². The van der Waals surface area contributed by atoms with Gasteiger partial charge in [-0.05, 0) is 45.4 Å². The number of carbonyl (C=O) groups excluding carboxylic acids is 2. The Bertz CT molecular complexity index is 621. The highest BCUT2D eigenvalue weighted by Crippen LogP contribution is 2.41. The molecule has 0 saturated carbocycles. The summed E-state index contributed by atoms with van der Waals surface area (Å²) in [7, 11) is 2.10. The van der Waals surface area contributed by atoms with Crippen molar-refractivity contribution in [2.45, 2.75) is 51.1 Å². The summed E-state index contributed by atoms with van der Waals surface area (Å²) >= 11 is 0. The molecule has 0 radical (unpaired) electrons. The van der Waals surface area contributed by atoms with E-state index in [2.05, 4.69) is 0 Å². The summed E-state index contributed by atoms with van der Waals surface area (Å²) in [5.41, 5.74) is 0.268. The molecule has 25 heavy (non-hydrogen) atoms. The third kappa shape index (κ3) is 4.04. The van der Waals surface area contributed by atoms with Crippen LogP contribution in [0.15, 0.2) is 24.3 Å². The maximum Gasteiger partial charge on any atom is 0.466 e. The van der Waals surface area contributed by atoms with E-state index in [1.54, 1.807) is 24.3 Å². The predicted octanol–water partition coefficient (Wildman–Crippen LogP) is 2.75. The van der Waals surface area contributed by atoms with E-state index in [9.17, 15) is 9.59 Å². The van der Waals surface area contributed by atoms with Gasteiger partial charge in [0, 0.05) is 5.82 Å². The van der Waals surface area contributed by atoms with E-state index in [0.29, 0.717) is 5.56 Å². The average Bonchev–Trinajstić information content (AvgIpc) is 2.79. The predicted molar refractivity (Wildman–Crippen MR) is 93.2 cm³/mol. The molecule has 0 aliphatic carbocycles. The Morgan fingerprint density at radius 3 is 1.96 bits per heavy atom. The van der Waals surface area contributed by atoms with Gasteiger partial charge in [0.2, 0.25) is 0 Å². The van der Waals surface area contributed by atoms with Gasteiger partial charge in [-0.3, -0.25) is 4.79 Å². The van der Waals surface area contributed by atoms with Gasteiger partial charge >= 0.3 is 19.1 Å². The molecule has 0 amide bonds. The molecule has 0 bridgehead atoms. The summed E-state index contributed by atoms with van der Waals surface area (Å²) in [5.74, 6) is -1.11. The van der Waals surface area contributed by atoms with Gasteiger partial charge in [0.15, 0.2) is 0 Å². The molecule has 0 N–H and O–H groups in total. The van der Waals surface area contributed by atoms with Gasteiger partial charge in [0.25, 0.3) is 0 Å². The number of ether oxygens (including phenoxy) is 2. The second kappa shape index (κ2) is 7.18. The summed E-state index contributed by atoms with van der Waals surface area (Å²) < 4.78 is 21.7. The number of benzene rings is 1. The second-order valence-electron chi connectivity index (χ2n) is 7.13. The second-order valence-corrected chi connectivity index (χ2v) is 7.13. The molecular formula is C18H25BO6. The van der Waals surface area contributed by atoms with Crippen molar-refractivity contribution in [2.75, 3.05) is 14.2 Å². The van der Waals surface area contributed by atoms with Crippen molar-refractivity contribution < 1.29 is 28.4 Å². The lowest BCUT2D eigenvalue weighted by Crippen LogP contribution is -2.41. The zero-order valence-electron chi connectivity index (χ0n) is 15.6. The zero-order chi connectivity index (χ0) is 18.8. The topological polar surface area (TPSA) is 71.1 Å². The zero-order valence-corrected chi connectivity index (χ0v) is 15.6.